The number of aromatic nitrogens is 2. The van der Waals surface area contributed by atoms with E-state index in [-0.39, 0.29) is 10.8 Å². The highest BCUT2D eigenvalue weighted by molar-refractivity contribution is 7.89. The molecule has 6 nitrogen and oxygen atoms in total. The zero-order chi connectivity index (χ0) is 14.6. The molecular weight excluding hydrogens is 276 g/mol. The number of nitrogens with two attached hydrogens (primary N) is 1. The van der Waals surface area contributed by atoms with Crippen LogP contribution in [0.2, 0.25) is 0 Å². The zero-order valence-corrected chi connectivity index (χ0v) is 11.9. The number of rotatable bonds is 5. The SMILES string of the molecule is Cc1cccc(CCNS(=O)(=O)c2cnc(N)nc2)c1. The van der Waals surface area contributed by atoms with Gasteiger partial charge in [0.2, 0.25) is 16.0 Å². The molecule has 1 aromatic carbocycles. The fourth-order valence-corrected chi connectivity index (χ4v) is 2.67. The highest BCUT2D eigenvalue weighted by Crippen LogP contribution is 2.07. The average molecular weight is 292 g/mol. The van der Waals surface area contributed by atoms with Gasteiger partial charge in [-0.2, -0.15) is 0 Å². The highest BCUT2D eigenvalue weighted by atomic mass is 32.2. The van der Waals surface area contributed by atoms with E-state index in [1.807, 2.05) is 31.2 Å². The number of nitrogens with zero attached hydrogens (tertiary/aromatic N) is 2. The van der Waals surface area contributed by atoms with E-state index in [0.717, 1.165) is 11.1 Å². The van der Waals surface area contributed by atoms with Gasteiger partial charge in [-0.05, 0) is 18.9 Å². The summed E-state index contributed by atoms with van der Waals surface area (Å²) in [5.74, 6) is 0.0451. The van der Waals surface area contributed by atoms with Crippen LogP contribution in [0, 0.1) is 6.92 Å². The minimum atomic E-state index is -3.59. The normalized spacial score (nSPS) is 11.4. The molecule has 0 amide bonds. The number of aryl methyl sites for hydroxylation is 1. The number of benzene rings is 1. The molecule has 0 bridgehead atoms. The van der Waals surface area contributed by atoms with Crippen LogP contribution in [0.15, 0.2) is 41.6 Å². The van der Waals surface area contributed by atoms with Gasteiger partial charge in [0.15, 0.2) is 0 Å². The van der Waals surface area contributed by atoms with Crippen LogP contribution in [0.5, 0.6) is 0 Å². The summed E-state index contributed by atoms with van der Waals surface area (Å²) in [6.07, 6.45) is 3.01. The van der Waals surface area contributed by atoms with E-state index < -0.39 is 10.0 Å². The van der Waals surface area contributed by atoms with Crippen LogP contribution in [0.1, 0.15) is 11.1 Å². The highest BCUT2D eigenvalue weighted by Gasteiger charge is 2.14. The molecule has 0 aliphatic carbocycles. The molecule has 0 unspecified atom stereocenters. The fourth-order valence-electron chi connectivity index (χ4n) is 1.75. The standard InChI is InChI=1S/C13H16N4O2S/c1-10-3-2-4-11(7-10)5-6-17-20(18,19)12-8-15-13(14)16-9-12/h2-4,7-9,17H,5-6H2,1H3,(H2,14,15,16). The molecule has 3 N–H and O–H groups in total. The molecular formula is C13H16N4O2S. The number of nitrogen functional groups attached to an aromatic ring is 1. The third-order valence-electron chi connectivity index (χ3n) is 2.75. The van der Waals surface area contributed by atoms with Crippen LogP contribution >= 0.6 is 0 Å². The van der Waals surface area contributed by atoms with Gasteiger partial charge in [0, 0.05) is 6.54 Å². The van der Waals surface area contributed by atoms with Crippen molar-refractivity contribution in [3.05, 3.63) is 47.8 Å². The Labute approximate surface area is 118 Å². The first-order chi connectivity index (χ1) is 9.47. The van der Waals surface area contributed by atoms with Gasteiger partial charge >= 0.3 is 0 Å². The summed E-state index contributed by atoms with van der Waals surface area (Å²) in [4.78, 5) is 7.35. The molecule has 0 spiro atoms. The molecule has 2 rings (SSSR count). The maximum Gasteiger partial charge on any atom is 0.243 e. The molecule has 2 aromatic rings. The second kappa shape index (κ2) is 5.98. The fraction of sp³-hybridized carbons (Fsp3) is 0.231. The molecule has 106 valence electrons. The topological polar surface area (TPSA) is 98.0 Å². The van der Waals surface area contributed by atoms with Crippen molar-refractivity contribution in [2.45, 2.75) is 18.2 Å². The molecule has 1 aromatic heterocycles. The minimum Gasteiger partial charge on any atom is -0.368 e. The van der Waals surface area contributed by atoms with Crippen molar-refractivity contribution in [2.75, 3.05) is 12.3 Å². The molecule has 7 heteroatoms. The molecule has 0 fully saturated rings. The van der Waals surface area contributed by atoms with Crippen LogP contribution in [0.4, 0.5) is 5.95 Å². The molecule has 0 aliphatic rings. The second-order valence-electron chi connectivity index (χ2n) is 4.41. The molecule has 0 radical (unpaired) electrons. The van der Waals surface area contributed by atoms with Crippen molar-refractivity contribution in [1.82, 2.24) is 14.7 Å². The van der Waals surface area contributed by atoms with Crippen molar-refractivity contribution in [1.29, 1.82) is 0 Å². The van der Waals surface area contributed by atoms with Crippen LogP contribution in [-0.2, 0) is 16.4 Å². The Morgan fingerprint density at radius 2 is 1.95 bits per heavy atom. The molecule has 0 saturated carbocycles. The first kappa shape index (κ1) is 14.4. The predicted octanol–water partition coefficient (Wildman–Crippen LogP) is 0.888. The van der Waals surface area contributed by atoms with E-state index in [1.54, 1.807) is 0 Å². The smallest absolute Gasteiger partial charge is 0.243 e. The number of hydrogen-bond donors (Lipinski definition) is 2. The maximum absolute atomic E-state index is 12.0. The Bertz CT molecular complexity index is 684. The molecule has 0 saturated heterocycles. The number of nitrogens with one attached hydrogen (secondary N) is 1. The Balaban J connectivity index is 1.98. The summed E-state index contributed by atoms with van der Waals surface area (Å²) >= 11 is 0. The zero-order valence-electron chi connectivity index (χ0n) is 11.1. The van der Waals surface area contributed by atoms with Crippen molar-refractivity contribution < 1.29 is 8.42 Å². The predicted molar refractivity (Wildman–Crippen MR) is 76.5 cm³/mol. The van der Waals surface area contributed by atoms with Crippen LogP contribution in [-0.4, -0.2) is 24.9 Å². The van der Waals surface area contributed by atoms with Gasteiger partial charge in [-0.1, -0.05) is 29.8 Å². The Hall–Kier alpha value is -1.99. The monoisotopic (exact) mass is 292 g/mol. The quantitative estimate of drug-likeness (QED) is 0.852. The summed E-state index contributed by atoms with van der Waals surface area (Å²) in [7, 11) is -3.59. The lowest BCUT2D eigenvalue weighted by Gasteiger charge is -2.06. The van der Waals surface area contributed by atoms with Gasteiger partial charge in [0.25, 0.3) is 0 Å². The van der Waals surface area contributed by atoms with E-state index in [0.29, 0.717) is 13.0 Å². The van der Waals surface area contributed by atoms with Gasteiger partial charge in [-0.25, -0.2) is 23.1 Å². The first-order valence-electron chi connectivity index (χ1n) is 6.10. The van der Waals surface area contributed by atoms with Crippen molar-refractivity contribution >= 4 is 16.0 Å². The van der Waals surface area contributed by atoms with Crippen molar-refractivity contribution in [3.63, 3.8) is 0 Å². The van der Waals surface area contributed by atoms with Crippen LogP contribution in [0.25, 0.3) is 0 Å². The largest absolute Gasteiger partial charge is 0.368 e. The van der Waals surface area contributed by atoms with E-state index in [2.05, 4.69) is 14.7 Å². The summed E-state index contributed by atoms with van der Waals surface area (Å²) in [6, 6.07) is 7.95. The average Bonchev–Trinajstić information content (AvgIpc) is 2.39. The van der Waals surface area contributed by atoms with Crippen LogP contribution < -0.4 is 10.5 Å². The molecule has 20 heavy (non-hydrogen) atoms. The van der Waals surface area contributed by atoms with Crippen LogP contribution in [0.3, 0.4) is 0 Å². The lowest BCUT2D eigenvalue weighted by atomic mass is 10.1. The first-order valence-corrected chi connectivity index (χ1v) is 7.58. The third kappa shape index (κ3) is 3.75. The van der Waals surface area contributed by atoms with E-state index in [4.69, 9.17) is 5.73 Å². The van der Waals surface area contributed by atoms with Gasteiger partial charge in [0.1, 0.15) is 4.90 Å². The van der Waals surface area contributed by atoms with E-state index >= 15 is 0 Å². The number of sulfonamides is 1. The summed E-state index contributed by atoms with van der Waals surface area (Å²) in [5.41, 5.74) is 7.56. The third-order valence-corrected chi connectivity index (χ3v) is 4.16. The van der Waals surface area contributed by atoms with Crippen molar-refractivity contribution in [2.24, 2.45) is 0 Å². The van der Waals surface area contributed by atoms with Gasteiger partial charge in [-0.3, -0.25) is 0 Å². The van der Waals surface area contributed by atoms with Gasteiger partial charge in [0.05, 0.1) is 12.4 Å². The summed E-state index contributed by atoms with van der Waals surface area (Å²) < 4.78 is 26.5. The molecule has 0 aliphatic heterocycles. The molecule has 0 atom stereocenters. The number of hydrogen-bond acceptors (Lipinski definition) is 5. The van der Waals surface area contributed by atoms with Crippen molar-refractivity contribution in [3.8, 4) is 0 Å². The Kier molecular flexibility index (Phi) is 4.31. The summed E-state index contributed by atoms with van der Waals surface area (Å²) in [6.45, 7) is 2.32. The van der Waals surface area contributed by atoms with E-state index in [9.17, 15) is 8.42 Å². The number of anilines is 1. The second-order valence-corrected chi connectivity index (χ2v) is 6.18. The lowest BCUT2D eigenvalue weighted by molar-refractivity contribution is 0.581. The maximum atomic E-state index is 12.0. The van der Waals surface area contributed by atoms with E-state index in [1.165, 1.54) is 12.4 Å². The minimum absolute atomic E-state index is 0.0101. The molecule has 1 heterocycles. The Morgan fingerprint density at radius 1 is 1.25 bits per heavy atom. The van der Waals surface area contributed by atoms with Gasteiger partial charge in [-0.15, -0.1) is 0 Å². The van der Waals surface area contributed by atoms with Gasteiger partial charge < -0.3 is 5.73 Å². The Morgan fingerprint density at radius 3 is 2.60 bits per heavy atom. The summed E-state index contributed by atoms with van der Waals surface area (Å²) in [5, 5.41) is 0. The lowest BCUT2D eigenvalue weighted by Crippen LogP contribution is -2.26.